The van der Waals surface area contributed by atoms with E-state index in [9.17, 15) is 0 Å². The number of para-hydroxylation sites is 1. The first-order valence-corrected chi connectivity index (χ1v) is 9.85. The second-order valence-corrected chi connectivity index (χ2v) is 7.41. The average molecular weight is 384 g/mol. The van der Waals surface area contributed by atoms with Crippen molar-refractivity contribution in [2.45, 2.75) is 17.7 Å². The zero-order chi connectivity index (χ0) is 18.9. The molecule has 0 aliphatic carbocycles. The minimum absolute atomic E-state index is 0.680. The lowest BCUT2D eigenvalue weighted by Gasteiger charge is -2.12. The molecule has 4 aromatic heterocycles. The molecule has 1 aromatic carbocycles. The van der Waals surface area contributed by atoms with Crippen LogP contribution in [0.5, 0.6) is 0 Å². The summed E-state index contributed by atoms with van der Waals surface area (Å²) in [6, 6.07) is 12.5. The number of aromatic nitrogens is 6. The van der Waals surface area contributed by atoms with Gasteiger partial charge in [-0.15, -0.1) is 0 Å². The third kappa shape index (κ3) is 2.99. The van der Waals surface area contributed by atoms with Crippen molar-refractivity contribution in [3.05, 3.63) is 72.6 Å². The fraction of sp³-hybridized carbons (Fsp3) is 0.0952. The maximum atomic E-state index is 5.02. The molecule has 0 fully saturated rings. The number of imidazole rings is 1. The van der Waals surface area contributed by atoms with Crippen LogP contribution in [0.4, 0.5) is 0 Å². The number of benzene rings is 1. The fourth-order valence-electron chi connectivity index (χ4n) is 3.26. The van der Waals surface area contributed by atoms with Gasteiger partial charge in [-0.25, -0.2) is 19.9 Å². The first kappa shape index (κ1) is 16.8. The van der Waals surface area contributed by atoms with Crippen LogP contribution >= 0.6 is 11.8 Å². The Morgan fingerprint density at radius 1 is 1.04 bits per heavy atom. The highest BCUT2D eigenvalue weighted by molar-refractivity contribution is 7.98. The third-order valence-corrected chi connectivity index (χ3v) is 5.67. The van der Waals surface area contributed by atoms with Crippen LogP contribution in [0.25, 0.3) is 33.3 Å². The standard InChI is InChI=1S/C21H16N6S/c1-13-3-2-4-15-9-16(18(27-17(13)15)14-5-7-22-8-6-14)10-28-21-19-20(24-11-23-19)25-12-26-21/h2-9,11-12H,10H2,1H3,(H,23,24,25,26). The summed E-state index contributed by atoms with van der Waals surface area (Å²) in [6.07, 6.45) is 6.80. The highest BCUT2D eigenvalue weighted by atomic mass is 32.2. The first-order valence-electron chi connectivity index (χ1n) is 8.86. The molecule has 4 heterocycles. The molecule has 6 nitrogen and oxygen atoms in total. The Morgan fingerprint density at radius 2 is 1.93 bits per heavy atom. The van der Waals surface area contributed by atoms with Crippen LogP contribution in [-0.4, -0.2) is 29.9 Å². The van der Waals surface area contributed by atoms with Crippen molar-refractivity contribution in [3.8, 4) is 11.3 Å². The lowest BCUT2D eigenvalue weighted by molar-refractivity contribution is 1.08. The van der Waals surface area contributed by atoms with E-state index in [-0.39, 0.29) is 0 Å². The lowest BCUT2D eigenvalue weighted by Crippen LogP contribution is -1.96. The van der Waals surface area contributed by atoms with Crippen LogP contribution in [0.1, 0.15) is 11.1 Å². The smallest absolute Gasteiger partial charge is 0.181 e. The van der Waals surface area contributed by atoms with Crippen molar-refractivity contribution < 1.29 is 0 Å². The summed E-state index contributed by atoms with van der Waals surface area (Å²) in [6.45, 7) is 2.09. The third-order valence-electron chi connectivity index (χ3n) is 4.63. The maximum Gasteiger partial charge on any atom is 0.181 e. The first-order chi connectivity index (χ1) is 13.8. The normalized spacial score (nSPS) is 11.3. The zero-order valence-electron chi connectivity index (χ0n) is 15.1. The molecule has 0 aliphatic heterocycles. The number of hydrogen-bond acceptors (Lipinski definition) is 6. The van der Waals surface area contributed by atoms with Crippen LogP contribution in [-0.2, 0) is 5.75 Å². The van der Waals surface area contributed by atoms with E-state index >= 15 is 0 Å². The molecule has 0 saturated heterocycles. The largest absolute Gasteiger partial charge is 0.341 e. The van der Waals surface area contributed by atoms with Crippen molar-refractivity contribution >= 4 is 33.8 Å². The molecule has 0 amide bonds. The summed E-state index contributed by atoms with van der Waals surface area (Å²) in [5.41, 5.74) is 6.93. The number of thioether (sulfide) groups is 1. The number of aromatic amines is 1. The van der Waals surface area contributed by atoms with E-state index in [1.54, 1.807) is 36.8 Å². The van der Waals surface area contributed by atoms with E-state index in [1.165, 1.54) is 5.56 Å². The second-order valence-electron chi connectivity index (χ2n) is 6.45. The van der Waals surface area contributed by atoms with E-state index in [1.807, 2.05) is 12.1 Å². The Balaban J connectivity index is 1.60. The molecule has 28 heavy (non-hydrogen) atoms. The number of rotatable bonds is 4. The van der Waals surface area contributed by atoms with Crippen LogP contribution in [0, 0.1) is 6.92 Å². The van der Waals surface area contributed by atoms with Gasteiger partial charge in [0, 0.05) is 29.1 Å². The molecule has 0 saturated carbocycles. The van der Waals surface area contributed by atoms with Gasteiger partial charge in [0.25, 0.3) is 0 Å². The van der Waals surface area contributed by atoms with Crippen molar-refractivity contribution in [1.29, 1.82) is 0 Å². The number of nitrogens with one attached hydrogen (secondary N) is 1. The van der Waals surface area contributed by atoms with Gasteiger partial charge < -0.3 is 4.98 Å². The van der Waals surface area contributed by atoms with Crippen molar-refractivity contribution in [2.75, 3.05) is 0 Å². The molecule has 0 aliphatic rings. The predicted molar refractivity (Wildman–Crippen MR) is 111 cm³/mol. The second kappa shape index (κ2) is 7.01. The Labute approximate surface area is 165 Å². The number of aryl methyl sites for hydroxylation is 1. The van der Waals surface area contributed by atoms with Gasteiger partial charge in [-0.3, -0.25) is 4.98 Å². The molecular weight excluding hydrogens is 368 g/mol. The monoisotopic (exact) mass is 384 g/mol. The van der Waals surface area contributed by atoms with E-state index in [4.69, 9.17) is 4.98 Å². The Hall–Kier alpha value is -3.32. The quantitative estimate of drug-likeness (QED) is 0.361. The van der Waals surface area contributed by atoms with E-state index in [2.05, 4.69) is 56.1 Å². The highest BCUT2D eigenvalue weighted by Crippen LogP contribution is 2.32. The molecule has 0 radical (unpaired) electrons. The molecule has 5 aromatic rings. The number of fused-ring (bicyclic) bond motifs is 2. The lowest BCUT2D eigenvalue weighted by atomic mass is 10.0. The van der Waals surface area contributed by atoms with Crippen LogP contribution in [0.2, 0.25) is 0 Å². The van der Waals surface area contributed by atoms with Crippen molar-refractivity contribution in [3.63, 3.8) is 0 Å². The predicted octanol–water partition coefficient (Wildman–Crippen LogP) is 4.56. The maximum absolute atomic E-state index is 5.02. The van der Waals surface area contributed by atoms with E-state index < -0.39 is 0 Å². The molecule has 0 spiro atoms. The van der Waals surface area contributed by atoms with Gasteiger partial charge in [0.1, 0.15) is 16.9 Å². The topological polar surface area (TPSA) is 80.2 Å². The number of nitrogens with zero attached hydrogens (tertiary/aromatic N) is 5. The van der Waals surface area contributed by atoms with Gasteiger partial charge in [0.2, 0.25) is 0 Å². The van der Waals surface area contributed by atoms with Gasteiger partial charge in [-0.05, 0) is 36.2 Å². The Kier molecular flexibility index (Phi) is 4.21. The minimum Gasteiger partial charge on any atom is -0.341 e. The van der Waals surface area contributed by atoms with E-state index in [0.29, 0.717) is 5.65 Å². The molecule has 0 unspecified atom stereocenters. The molecule has 7 heteroatoms. The van der Waals surface area contributed by atoms with Crippen molar-refractivity contribution in [1.82, 2.24) is 29.9 Å². The van der Waals surface area contributed by atoms with Crippen molar-refractivity contribution in [2.24, 2.45) is 0 Å². The molecule has 0 bridgehead atoms. The minimum atomic E-state index is 0.680. The average Bonchev–Trinajstić information content (AvgIpc) is 3.22. The fourth-order valence-corrected chi connectivity index (χ4v) is 4.19. The molecule has 5 rings (SSSR count). The van der Waals surface area contributed by atoms with Gasteiger partial charge in [0.15, 0.2) is 5.65 Å². The SMILES string of the molecule is Cc1cccc2cc(CSc3ncnc4nc[nH]c34)c(-c3ccncc3)nc12. The highest BCUT2D eigenvalue weighted by Gasteiger charge is 2.13. The van der Waals surface area contributed by atoms with E-state index in [0.717, 1.165) is 44.0 Å². The Bertz CT molecular complexity index is 1280. The summed E-state index contributed by atoms with van der Waals surface area (Å²) in [7, 11) is 0. The summed E-state index contributed by atoms with van der Waals surface area (Å²) < 4.78 is 0. The molecular formula is C21H16N6S. The number of hydrogen-bond donors (Lipinski definition) is 1. The van der Waals surface area contributed by atoms with Crippen LogP contribution in [0.15, 0.2) is 66.5 Å². The number of pyridine rings is 2. The summed E-state index contributed by atoms with van der Waals surface area (Å²) >= 11 is 1.65. The molecule has 136 valence electrons. The molecule has 1 N–H and O–H groups in total. The number of H-pyrrole nitrogens is 1. The van der Waals surface area contributed by atoms with Gasteiger partial charge in [-0.2, -0.15) is 0 Å². The summed E-state index contributed by atoms with van der Waals surface area (Å²) in [5, 5.41) is 2.02. The summed E-state index contributed by atoms with van der Waals surface area (Å²) in [4.78, 5) is 25.1. The van der Waals surface area contributed by atoms with Gasteiger partial charge >= 0.3 is 0 Å². The summed E-state index contributed by atoms with van der Waals surface area (Å²) in [5.74, 6) is 0.736. The van der Waals surface area contributed by atoms with Gasteiger partial charge in [-0.1, -0.05) is 30.0 Å². The molecule has 0 atom stereocenters. The van der Waals surface area contributed by atoms with Gasteiger partial charge in [0.05, 0.1) is 17.5 Å². The van der Waals surface area contributed by atoms with Crippen LogP contribution < -0.4 is 0 Å². The zero-order valence-corrected chi connectivity index (χ0v) is 15.9. The van der Waals surface area contributed by atoms with Crippen LogP contribution in [0.3, 0.4) is 0 Å². The Morgan fingerprint density at radius 3 is 2.82 bits per heavy atom.